The number of carbonyl (C=O) groups is 1. The molecule has 0 saturated carbocycles. The van der Waals surface area contributed by atoms with Crippen molar-refractivity contribution >= 4 is 33.4 Å². The minimum absolute atomic E-state index is 0.221. The summed E-state index contributed by atoms with van der Waals surface area (Å²) in [6, 6.07) is 23.5. The fraction of sp³-hybridized carbons (Fsp3) is 0.258. The van der Waals surface area contributed by atoms with Crippen LogP contribution in [-0.4, -0.2) is 26.8 Å². The Balaban J connectivity index is 1.78. The lowest BCUT2D eigenvalue weighted by molar-refractivity contribution is 0.0982. The average Bonchev–Trinajstić information content (AvgIpc) is 3.21. The minimum Gasteiger partial charge on any atom is -0.339 e. The highest BCUT2D eigenvalue weighted by Gasteiger charge is 2.27. The molecule has 0 unspecified atom stereocenters. The monoisotopic (exact) mass is 492 g/mol. The maximum absolute atomic E-state index is 14.3. The molecule has 0 aliphatic heterocycles. The number of aryl methyl sites for hydroxylation is 2. The van der Waals surface area contributed by atoms with E-state index in [0.29, 0.717) is 29.1 Å². The van der Waals surface area contributed by atoms with Gasteiger partial charge in [-0.05, 0) is 55.2 Å². The predicted octanol–water partition coefficient (Wildman–Crippen LogP) is 6.37. The molecule has 1 amide bonds. The van der Waals surface area contributed by atoms with E-state index >= 15 is 0 Å². The van der Waals surface area contributed by atoms with E-state index in [4.69, 9.17) is 5.10 Å². The fourth-order valence-corrected chi connectivity index (χ4v) is 4.93. The van der Waals surface area contributed by atoms with Gasteiger partial charge in [0.05, 0.1) is 5.69 Å². The molecule has 0 saturated heterocycles. The van der Waals surface area contributed by atoms with Gasteiger partial charge in [0.15, 0.2) is 5.69 Å². The third-order valence-electron chi connectivity index (χ3n) is 6.98. The van der Waals surface area contributed by atoms with Crippen LogP contribution in [0.25, 0.3) is 27.5 Å². The van der Waals surface area contributed by atoms with Crippen LogP contribution in [0.5, 0.6) is 0 Å². The molecule has 0 spiro atoms. The first-order valence-electron chi connectivity index (χ1n) is 12.8. The number of benzene rings is 3. The molecule has 5 aromatic rings. The van der Waals surface area contributed by atoms with Crippen molar-refractivity contribution in [2.45, 2.75) is 40.0 Å². The van der Waals surface area contributed by atoms with Crippen LogP contribution >= 0.6 is 0 Å². The molecular formula is C31H32N4O2. The molecule has 5 rings (SSSR count). The zero-order valence-electron chi connectivity index (χ0n) is 22.0. The van der Waals surface area contributed by atoms with Crippen molar-refractivity contribution in [3.05, 3.63) is 100.0 Å². The summed E-state index contributed by atoms with van der Waals surface area (Å²) in [5, 5.41) is 6.17. The number of amides is 1. The lowest BCUT2D eigenvalue weighted by atomic mass is 10.0. The van der Waals surface area contributed by atoms with Crippen LogP contribution in [0, 0.1) is 6.92 Å². The number of fused-ring (bicyclic) bond motifs is 3. The van der Waals surface area contributed by atoms with E-state index in [2.05, 4.69) is 32.9 Å². The van der Waals surface area contributed by atoms with E-state index in [0.717, 1.165) is 28.6 Å². The molecule has 0 N–H and O–H groups in total. The topological polar surface area (TPSA) is 60.1 Å². The fourth-order valence-electron chi connectivity index (χ4n) is 4.93. The second kappa shape index (κ2) is 9.69. The Hall–Kier alpha value is -4.19. The third-order valence-corrected chi connectivity index (χ3v) is 6.98. The van der Waals surface area contributed by atoms with Crippen LogP contribution in [-0.2, 0) is 7.05 Å². The summed E-state index contributed by atoms with van der Waals surface area (Å²) in [6.45, 7) is 8.89. The smallest absolute Gasteiger partial charge is 0.296 e. The van der Waals surface area contributed by atoms with Gasteiger partial charge < -0.3 is 9.47 Å². The van der Waals surface area contributed by atoms with Crippen LogP contribution in [0.1, 0.15) is 54.7 Å². The molecule has 188 valence electrons. The zero-order chi connectivity index (χ0) is 26.3. The zero-order valence-corrected chi connectivity index (χ0v) is 22.0. The summed E-state index contributed by atoms with van der Waals surface area (Å²) in [4.78, 5) is 29.9. The van der Waals surface area contributed by atoms with Gasteiger partial charge in [-0.2, -0.15) is 9.78 Å². The van der Waals surface area contributed by atoms with Gasteiger partial charge in [0.2, 0.25) is 0 Å². The average molecular weight is 493 g/mol. The Morgan fingerprint density at radius 2 is 1.65 bits per heavy atom. The second-order valence-corrected chi connectivity index (χ2v) is 9.90. The Bertz CT molecular complexity index is 1660. The second-order valence-electron chi connectivity index (χ2n) is 9.90. The number of carbonyl (C=O) groups excluding carboxylic acids is 1. The molecule has 2 heterocycles. The van der Waals surface area contributed by atoms with E-state index in [9.17, 15) is 9.59 Å². The molecule has 0 aliphatic rings. The molecule has 0 fully saturated rings. The number of aromatic nitrogens is 3. The molecule has 0 radical (unpaired) electrons. The van der Waals surface area contributed by atoms with Crippen LogP contribution in [0.4, 0.5) is 5.69 Å². The molecule has 6 nitrogen and oxygen atoms in total. The highest BCUT2D eigenvalue weighted by atomic mass is 16.2. The largest absolute Gasteiger partial charge is 0.339 e. The number of hydrogen-bond donors (Lipinski definition) is 0. The summed E-state index contributed by atoms with van der Waals surface area (Å²) in [6.07, 6.45) is 0.786. The van der Waals surface area contributed by atoms with E-state index in [1.165, 1.54) is 10.2 Å². The van der Waals surface area contributed by atoms with Gasteiger partial charge in [0, 0.05) is 35.6 Å². The molecule has 0 aliphatic carbocycles. The molecule has 2 aromatic heterocycles. The first kappa shape index (κ1) is 24.5. The number of hydrogen-bond acceptors (Lipinski definition) is 3. The molecular weight excluding hydrogens is 460 g/mol. The van der Waals surface area contributed by atoms with Gasteiger partial charge in [-0.15, -0.1) is 0 Å². The van der Waals surface area contributed by atoms with Crippen LogP contribution < -0.4 is 10.5 Å². The van der Waals surface area contributed by atoms with E-state index < -0.39 is 0 Å². The van der Waals surface area contributed by atoms with Crippen molar-refractivity contribution in [2.75, 3.05) is 11.4 Å². The SMILES string of the molecule is CCCN(C(=O)c1nn(-c2ccc(C)cc2)c(=O)c2c1c1ccccc1n2C)c1ccc(C(C)C)cc1. The van der Waals surface area contributed by atoms with Gasteiger partial charge in [0.25, 0.3) is 11.5 Å². The number of nitrogens with zero attached hydrogens (tertiary/aromatic N) is 4. The number of rotatable bonds is 6. The Morgan fingerprint density at radius 1 is 0.973 bits per heavy atom. The molecule has 37 heavy (non-hydrogen) atoms. The molecule has 6 heteroatoms. The van der Waals surface area contributed by atoms with Crippen molar-refractivity contribution < 1.29 is 4.79 Å². The standard InChI is InChI=1S/C31H32N4O2/c1-6-19-34(23-17-13-22(14-18-23)20(2)3)30(36)28-27-25-9-7-8-10-26(25)33(5)29(27)31(37)35(32-28)24-15-11-21(4)12-16-24/h7-18,20H,6,19H2,1-5H3. The van der Waals surface area contributed by atoms with Gasteiger partial charge in [-0.1, -0.05) is 68.8 Å². The summed E-state index contributed by atoms with van der Waals surface area (Å²) >= 11 is 0. The maximum atomic E-state index is 14.3. The molecule has 3 aromatic carbocycles. The highest BCUT2D eigenvalue weighted by molar-refractivity contribution is 6.20. The van der Waals surface area contributed by atoms with Crippen molar-refractivity contribution in [3.8, 4) is 5.69 Å². The van der Waals surface area contributed by atoms with Gasteiger partial charge in [-0.25, -0.2) is 0 Å². The Morgan fingerprint density at radius 3 is 2.30 bits per heavy atom. The van der Waals surface area contributed by atoms with Crippen LogP contribution in [0.15, 0.2) is 77.6 Å². The summed E-state index contributed by atoms with van der Waals surface area (Å²) in [5.41, 5.74) is 5.11. The highest BCUT2D eigenvalue weighted by Crippen LogP contribution is 2.30. The van der Waals surface area contributed by atoms with Crippen molar-refractivity contribution in [2.24, 2.45) is 7.05 Å². The van der Waals surface area contributed by atoms with E-state index in [1.54, 1.807) is 4.90 Å². The third kappa shape index (κ3) is 4.22. The van der Waals surface area contributed by atoms with Gasteiger partial charge in [-0.3, -0.25) is 9.59 Å². The van der Waals surface area contributed by atoms with Crippen molar-refractivity contribution in [1.82, 2.24) is 14.3 Å². The van der Waals surface area contributed by atoms with E-state index in [-0.39, 0.29) is 17.2 Å². The quantitative estimate of drug-likeness (QED) is 0.277. The van der Waals surface area contributed by atoms with Gasteiger partial charge in [0.1, 0.15) is 5.52 Å². The van der Waals surface area contributed by atoms with Gasteiger partial charge >= 0.3 is 0 Å². The van der Waals surface area contributed by atoms with E-state index in [1.807, 2.05) is 79.2 Å². The predicted molar refractivity (Wildman–Crippen MR) is 151 cm³/mol. The Kier molecular flexibility index (Phi) is 6.42. The summed E-state index contributed by atoms with van der Waals surface area (Å²) in [7, 11) is 1.87. The maximum Gasteiger partial charge on any atom is 0.296 e. The Labute approximate surface area is 216 Å². The molecule has 0 atom stereocenters. The first-order valence-corrected chi connectivity index (χ1v) is 12.8. The number of para-hydroxylation sites is 1. The molecule has 0 bridgehead atoms. The van der Waals surface area contributed by atoms with Crippen LogP contribution in [0.3, 0.4) is 0 Å². The summed E-state index contributed by atoms with van der Waals surface area (Å²) < 4.78 is 3.23. The normalized spacial score (nSPS) is 11.5. The summed E-state index contributed by atoms with van der Waals surface area (Å²) in [5.74, 6) is 0.181. The van der Waals surface area contributed by atoms with Crippen molar-refractivity contribution in [3.63, 3.8) is 0 Å². The lowest BCUT2D eigenvalue weighted by Crippen LogP contribution is -2.35. The lowest BCUT2D eigenvalue weighted by Gasteiger charge is -2.23. The van der Waals surface area contributed by atoms with Crippen LogP contribution in [0.2, 0.25) is 0 Å². The van der Waals surface area contributed by atoms with Crippen molar-refractivity contribution in [1.29, 1.82) is 0 Å². The minimum atomic E-state index is -0.252. The number of anilines is 1. The first-order chi connectivity index (χ1) is 17.8.